The number of hydrogen-bond donors (Lipinski definition) is 2. The number of aliphatic hydroxyl groups excluding tert-OH is 1. The molecule has 1 atom stereocenters. The van der Waals surface area contributed by atoms with Gasteiger partial charge in [-0.25, -0.2) is 9.59 Å². The summed E-state index contributed by atoms with van der Waals surface area (Å²) >= 11 is 1.67. The quantitative estimate of drug-likeness (QED) is 0.234. The Hall–Kier alpha value is -3.49. The van der Waals surface area contributed by atoms with Gasteiger partial charge in [0.05, 0.1) is 12.7 Å². The molecule has 2 N–H and O–H groups in total. The van der Waals surface area contributed by atoms with Crippen LogP contribution in [0.5, 0.6) is 0 Å². The molecule has 3 rings (SSSR count). The Balaban J connectivity index is 1.29. The highest BCUT2D eigenvalue weighted by atomic mass is 32.2. The van der Waals surface area contributed by atoms with Gasteiger partial charge in [-0.2, -0.15) is 0 Å². The molecule has 0 aliphatic rings. The molecule has 0 aliphatic carbocycles. The van der Waals surface area contributed by atoms with Crippen molar-refractivity contribution in [3.63, 3.8) is 0 Å². The highest BCUT2D eigenvalue weighted by Gasteiger charge is 2.10. The first-order valence-corrected chi connectivity index (χ1v) is 12.3. The smallest absolute Gasteiger partial charge is 0.444 e. The number of hydrogen-bond acceptors (Lipinski definition) is 7. The van der Waals surface area contributed by atoms with Gasteiger partial charge in [0, 0.05) is 22.8 Å². The first-order chi connectivity index (χ1) is 17.1. The zero-order chi connectivity index (χ0) is 24.7. The minimum Gasteiger partial charge on any atom is -0.444 e. The van der Waals surface area contributed by atoms with Crippen LogP contribution >= 0.6 is 11.8 Å². The number of thioether (sulfide) groups is 1. The third-order valence-corrected chi connectivity index (χ3v) is 5.92. The van der Waals surface area contributed by atoms with Gasteiger partial charge in [0.15, 0.2) is 0 Å². The molecule has 0 spiro atoms. The first-order valence-electron chi connectivity index (χ1n) is 11.3. The Kier molecular flexibility index (Phi) is 11.0. The van der Waals surface area contributed by atoms with Crippen molar-refractivity contribution >= 4 is 29.7 Å². The van der Waals surface area contributed by atoms with Crippen LogP contribution in [0.15, 0.2) is 89.8 Å². The van der Waals surface area contributed by atoms with Crippen molar-refractivity contribution in [2.45, 2.75) is 37.1 Å². The lowest BCUT2D eigenvalue weighted by atomic mass is 10.2. The second-order valence-electron chi connectivity index (χ2n) is 7.67. The molecule has 184 valence electrons. The van der Waals surface area contributed by atoms with Crippen molar-refractivity contribution in [1.29, 1.82) is 0 Å². The molecule has 7 nitrogen and oxygen atoms in total. The third kappa shape index (κ3) is 10.5. The number of rotatable bonds is 12. The summed E-state index contributed by atoms with van der Waals surface area (Å²) in [5, 5.41) is 12.7. The second-order valence-corrected chi connectivity index (χ2v) is 8.84. The molecule has 0 aromatic heterocycles. The molecule has 8 heteroatoms. The largest absolute Gasteiger partial charge is 0.508 e. The average Bonchev–Trinajstić information content (AvgIpc) is 2.88. The van der Waals surface area contributed by atoms with E-state index in [1.165, 1.54) is 0 Å². The Bertz CT molecular complexity index is 1050. The van der Waals surface area contributed by atoms with Crippen molar-refractivity contribution < 1.29 is 28.9 Å². The van der Waals surface area contributed by atoms with Crippen LogP contribution in [0.4, 0.5) is 15.3 Å². The van der Waals surface area contributed by atoms with Crippen LogP contribution in [-0.4, -0.2) is 35.8 Å². The molecule has 0 bridgehead atoms. The summed E-state index contributed by atoms with van der Waals surface area (Å²) in [5.41, 5.74) is 2.09. The van der Waals surface area contributed by atoms with Gasteiger partial charge in [-0.05, 0) is 41.8 Å². The number of carbonyl (C=O) groups excluding carboxylic acids is 2. The van der Waals surface area contributed by atoms with Gasteiger partial charge in [0.2, 0.25) is 0 Å². The molecule has 3 aromatic rings. The molecular formula is C27H29NO6S. The molecule has 35 heavy (non-hydrogen) atoms. The zero-order valence-corrected chi connectivity index (χ0v) is 20.1. The van der Waals surface area contributed by atoms with E-state index in [9.17, 15) is 14.7 Å². The average molecular weight is 496 g/mol. The SMILES string of the molecule is O=C(Nc1cccc(COC(=O)OCCC(O)CCSc2ccccc2)c1)OCc1ccccc1. The summed E-state index contributed by atoms with van der Waals surface area (Å²) in [6, 6.07) is 26.3. The van der Waals surface area contributed by atoms with E-state index in [-0.39, 0.29) is 19.8 Å². The van der Waals surface area contributed by atoms with E-state index in [4.69, 9.17) is 14.2 Å². The highest BCUT2D eigenvalue weighted by molar-refractivity contribution is 7.99. The van der Waals surface area contributed by atoms with Gasteiger partial charge >= 0.3 is 12.2 Å². The molecule has 0 fully saturated rings. The second kappa shape index (κ2) is 14.7. The van der Waals surface area contributed by atoms with Gasteiger partial charge in [-0.3, -0.25) is 5.32 Å². The van der Waals surface area contributed by atoms with Crippen molar-refractivity contribution in [1.82, 2.24) is 0 Å². The van der Waals surface area contributed by atoms with Crippen LogP contribution in [0.2, 0.25) is 0 Å². The van der Waals surface area contributed by atoms with Crippen LogP contribution in [0.3, 0.4) is 0 Å². The fraction of sp³-hybridized carbons (Fsp3) is 0.259. The van der Waals surface area contributed by atoms with E-state index in [2.05, 4.69) is 5.32 Å². The van der Waals surface area contributed by atoms with Crippen LogP contribution in [0.25, 0.3) is 0 Å². The molecule has 1 amide bonds. The van der Waals surface area contributed by atoms with Crippen LogP contribution < -0.4 is 5.32 Å². The van der Waals surface area contributed by atoms with E-state index in [0.717, 1.165) is 16.2 Å². The van der Waals surface area contributed by atoms with E-state index in [1.807, 2.05) is 60.7 Å². The minimum absolute atomic E-state index is 0.0102. The Morgan fingerprint density at radius 3 is 2.26 bits per heavy atom. The predicted octanol–water partition coefficient (Wildman–Crippen LogP) is 6.02. The fourth-order valence-electron chi connectivity index (χ4n) is 3.05. The molecule has 0 radical (unpaired) electrons. The maximum atomic E-state index is 12.0. The number of carbonyl (C=O) groups is 2. The lowest BCUT2D eigenvalue weighted by molar-refractivity contribution is 0.0382. The predicted molar refractivity (Wildman–Crippen MR) is 135 cm³/mol. The molecule has 0 saturated heterocycles. The van der Waals surface area contributed by atoms with Crippen molar-refractivity contribution in [3.05, 3.63) is 96.1 Å². The number of benzene rings is 3. The molecule has 1 unspecified atom stereocenters. The minimum atomic E-state index is -0.809. The normalized spacial score (nSPS) is 11.3. The summed E-state index contributed by atoms with van der Waals surface area (Å²) in [5.74, 6) is 0.778. The number of amides is 1. The molecule has 3 aromatic carbocycles. The van der Waals surface area contributed by atoms with Crippen LogP contribution in [0, 0.1) is 0 Å². The number of aliphatic hydroxyl groups is 1. The van der Waals surface area contributed by atoms with Crippen molar-refractivity contribution in [2.24, 2.45) is 0 Å². The summed E-state index contributed by atoms with van der Waals surface area (Å²) in [4.78, 5) is 25.0. The summed E-state index contributed by atoms with van der Waals surface area (Å²) < 4.78 is 15.4. The number of nitrogens with one attached hydrogen (secondary N) is 1. The summed E-state index contributed by atoms with van der Waals surface area (Å²) in [6.07, 6.45) is -0.993. The third-order valence-electron chi connectivity index (χ3n) is 4.88. The Morgan fingerprint density at radius 1 is 0.800 bits per heavy atom. The van der Waals surface area contributed by atoms with E-state index >= 15 is 0 Å². The number of ether oxygens (including phenoxy) is 3. The topological polar surface area (TPSA) is 94.1 Å². The lowest BCUT2D eigenvalue weighted by Crippen LogP contribution is -2.15. The first kappa shape index (κ1) is 26.1. The van der Waals surface area contributed by atoms with Gasteiger partial charge in [-0.1, -0.05) is 60.7 Å². The molecule has 0 aliphatic heterocycles. The van der Waals surface area contributed by atoms with Gasteiger partial charge in [0.25, 0.3) is 0 Å². The van der Waals surface area contributed by atoms with Crippen LogP contribution in [0.1, 0.15) is 24.0 Å². The summed E-state index contributed by atoms with van der Waals surface area (Å²) in [7, 11) is 0. The van der Waals surface area contributed by atoms with Crippen molar-refractivity contribution in [2.75, 3.05) is 17.7 Å². The van der Waals surface area contributed by atoms with E-state index in [0.29, 0.717) is 24.1 Å². The van der Waals surface area contributed by atoms with Crippen LogP contribution in [-0.2, 0) is 27.4 Å². The highest BCUT2D eigenvalue weighted by Crippen LogP contribution is 2.19. The summed E-state index contributed by atoms with van der Waals surface area (Å²) in [6.45, 7) is 0.233. The molecule has 0 heterocycles. The Labute approximate surface area is 209 Å². The lowest BCUT2D eigenvalue weighted by Gasteiger charge is -2.11. The molecule has 0 saturated carbocycles. The zero-order valence-electron chi connectivity index (χ0n) is 19.3. The van der Waals surface area contributed by atoms with Crippen molar-refractivity contribution in [3.8, 4) is 0 Å². The standard InChI is InChI=1S/C27H29NO6S/c29-24(15-17-35-25-12-5-2-6-13-25)14-16-32-27(31)34-20-22-10-7-11-23(18-22)28-26(30)33-19-21-8-3-1-4-9-21/h1-13,18,24,29H,14-17,19-20H2,(H,28,30). The van der Waals surface area contributed by atoms with E-state index < -0.39 is 18.4 Å². The monoisotopic (exact) mass is 495 g/mol. The molecular weight excluding hydrogens is 466 g/mol. The fourth-order valence-corrected chi connectivity index (χ4v) is 4.03. The van der Waals surface area contributed by atoms with Gasteiger partial charge in [-0.15, -0.1) is 11.8 Å². The Morgan fingerprint density at radius 2 is 1.49 bits per heavy atom. The van der Waals surface area contributed by atoms with Gasteiger partial charge < -0.3 is 19.3 Å². The maximum absolute atomic E-state index is 12.0. The van der Waals surface area contributed by atoms with Gasteiger partial charge in [0.1, 0.15) is 13.2 Å². The van der Waals surface area contributed by atoms with E-state index in [1.54, 1.807) is 36.0 Å². The number of anilines is 1. The maximum Gasteiger partial charge on any atom is 0.508 e.